The van der Waals surface area contributed by atoms with E-state index in [1.165, 1.54) is 22.6 Å². The van der Waals surface area contributed by atoms with Crippen LogP contribution >= 0.6 is 22.6 Å². The number of carbonyl (C=O) groups excluding carboxylic acids is 2. The van der Waals surface area contributed by atoms with Crippen LogP contribution in [0.2, 0.25) is 0 Å². The smallest absolute Gasteiger partial charge is 0.330 e. The Bertz CT molecular complexity index is 236. The topological polar surface area (TPSA) is 78.4 Å². The quantitative estimate of drug-likeness (QED) is 0.263. The minimum absolute atomic E-state index is 0. The average Bonchev–Trinajstić information content (AvgIpc) is 2.24. The molecule has 1 atom stereocenters. The summed E-state index contributed by atoms with van der Waals surface area (Å²) in [6.45, 7) is 5.71. The zero-order valence-corrected chi connectivity index (χ0v) is 12.0. The van der Waals surface area contributed by atoms with Crippen LogP contribution in [0.5, 0.6) is 0 Å². The number of ether oxygens (including phenoxy) is 1. The summed E-state index contributed by atoms with van der Waals surface area (Å²) in [5.74, 6) is -0.784. The van der Waals surface area contributed by atoms with Gasteiger partial charge in [0.25, 0.3) is 0 Å². The Morgan fingerprint density at radius 1 is 1.25 bits per heavy atom. The second-order valence-electron chi connectivity index (χ2n) is 3.33. The van der Waals surface area contributed by atoms with Gasteiger partial charge in [-0.2, -0.15) is 4.39 Å². The lowest BCUT2D eigenvalue weighted by molar-refractivity contribution is -0.162. The van der Waals surface area contributed by atoms with Gasteiger partial charge in [0.2, 0.25) is 0 Å². The first-order valence-corrected chi connectivity index (χ1v) is 6.23. The molecule has 0 aromatic rings. The first-order valence-electron chi connectivity index (χ1n) is 4.98. The summed E-state index contributed by atoms with van der Waals surface area (Å²) < 4.78 is 16.1. The Morgan fingerprint density at radius 2 is 1.62 bits per heavy atom. The Balaban J connectivity index is 0. The number of esters is 1. The standard InChI is InChI=1S/C10H16FIO3.H3N/c1-4-10(5-2,6-3)15-9(14)7(12)8(11)13;/h7H,4-6H2,1-3H3;1H3. The molecule has 0 fully saturated rings. The van der Waals surface area contributed by atoms with Gasteiger partial charge in [-0.15, -0.1) is 0 Å². The molecule has 4 nitrogen and oxygen atoms in total. The highest BCUT2D eigenvalue weighted by atomic mass is 127. The third-order valence-corrected chi connectivity index (χ3v) is 3.65. The second-order valence-corrected chi connectivity index (χ2v) is 4.58. The van der Waals surface area contributed by atoms with Gasteiger partial charge >= 0.3 is 12.0 Å². The van der Waals surface area contributed by atoms with E-state index in [0.717, 1.165) is 0 Å². The maximum atomic E-state index is 12.3. The van der Waals surface area contributed by atoms with E-state index in [1.807, 2.05) is 20.8 Å². The van der Waals surface area contributed by atoms with E-state index in [1.54, 1.807) is 0 Å². The fraction of sp³-hybridized carbons (Fsp3) is 0.800. The van der Waals surface area contributed by atoms with Gasteiger partial charge in [-0.05, 0) is 19.3 Å². The van der Waals surface area contributed by atoms with E-state index < -0.39 is 21.5 Å². The molecule has 0 bridgehead atoms. The van der Waals surface area contributed by atoms with Gasteiger partial charge in [0.05, 0.1) is 0 Å². The van der Waals surface area contributed by atoms with Gasteiger partial charge in [-0.3, -0.25) is 9.59 Å². The number of halogens is 2. The van der Waals surface area contributed by atoms with E-state index in [2.05, 4.69) is 0 Å². The highest BCUT2D eigenvalue weighted by Gasteiger charge is 2.33. The maximum absolute atomic E-state index is 12.3. The van der Waals surface area contributed by atoms with Crippen molar-refractivity contribution in [2.24, 2.45) is 0 Å². The van der Waals surface area contributed by atoms with Gasteiger partial charge < -0.3 is 10.9 Å². The molecule has 0 saturated carbocycles. The molecule has 0 aromatic carbocycles. The summed E-state index contributed by atoms with van der Waals surface area (Å²) in [4.78, 5) is 21.7. The summed E-state index contributed by atoms with van der Waals surface area (Å²) in [6.07, 6.45) is 1.99. The van der Waals surface area contributed by atoms with Crippen LogP contribution in [-0.2, 0) is 14.3 Å². The predicted molar refractivity (Wildman–Crippen MR) is 68.6 cm³/mol. The van der Waals surface area contributed by atoms with Crippen LogP contribution in [-0.4, -0.2) is 21.5 Å². The number of hydrogen-bond donors (Lipinski definition) is 1. The maximum Gasteiger partial charge on any atom is 0.330 e. The Labute approximate surface area is 109 Å². The lowest BCUT2D eigenvalue weighted by Gasteiger charge is -2.30. The van der Waals surface area contributed by atoms with Crippen LogP contribution in [0.1, 0.15) is 40.0 Å². The summed E-state index contributed by atoms with van der Waals surface area (Å²) in [7, 11) is 0. The average molecular weight is 347 g/mol. The molecule has 0 heterocycles. The van der Waals surface area contributed by atoms with Crippen molar-refractivity contribution in [2.75, 3.05) is 0 Å². The van der Waals surface area contributed by atoms with E-state index in [-0.39, 0.29) is 6.15 Å². The Hall–Kier alpha value is -0.240. The number of rotatable bonds is 6. The van der Waals surface area contributed by atoms with Crippen LogP contribution in [0.4, 0.5) is 4.39 Å². The lowest BCUT2D eigenvalue weighted by Crippen LogP contribution is -2.37. The normalized spacial score (nSPS) is 12.6. The second kappa shape index (κ2) is 7.94. The molecule has 6 heteroatoms. The zero-order chi connectivity index (χ0) is 12.1. The van der Waals surface area contributed by atoms with Gasteiger partial charge in [0.15, 0.2) is 3.92 Å². The molecule has 1 unspecified atom stereocenters. The van der Waals surface area contributed by atoms with E-state index in [9.17, 15) is 14.0 Å². The molecule has 3 N–H and O–H groups in total. The SMILES string of the molecule is CCC(CC)(CC)OC(=O)C(I)C(=O)F.N. The van der Waals surface area contributed by atoms with Crippen LogP contribution in [0.3, 0.4) is 0 Å². The fourth-order valence-electron chi connectivity index (χ4n) is 1.32. The van der Waals surface area contributed by atoms with E-state index >= 15 is 0 Å². The molecule has 0 aliphatic rings. The molecule has 0 aliphatic carbocycles. The molecular formula is C10H19FINO3. The number of carbonyl (C=O) groups is 2. The molecule has 0 spiro atoms. The van der Waals surface area contributed by atoms with Crippen molar-refractivity contribution in [1.29, 1.82) is 0 Å². The van der Waals surface area contributed by atoms with Crippen molar-refractivity contribution in [3.63, 3.8) is 0 Å². The molecule has 0 radical (unpaired) electrons. The number of alkyl halides is 1. The fourth-order valence-corrected chi connectivity index (χ4v) is 1.45. The summed E-state index contributed by atoms with van der Waals surface area (Å²) in [6, 6.07) is -1.65. The largest absolute Gasteiger partial charge is 0.458 e. The van der Waals surface area contributed by atoms with Gasteiger partial charge in [-0.1, -0.05) is 43.4 Å². The first-order chi connectivity index (χ1) is 6.92. The minimum atomic E-state index is -1.65. The third kappa shape index (κ3) is 4.73. The molecule has 0 amide bonds. The van der Waals surface area contributed by atoms with Crippen molar-refractivity contribution in [1.82, 2.24) is 6.15 Å². The molecule has 0 saturated heterocycles. The highest BCUT2D eigenvalue weighted by Crippen LogP contribution is 2.26. The van der Waals surface area contributed by atoms with E-state index in [0.29, 0.717) is 19.3 Å². The minimum Gasteiger partial charge on any atom is -0.458 e. The van der Waals surface area contributed by atoms with Gasteiger partial charge in [0, 0.05) is 0 Å². The summed E-state index contributed by atoms with van der Waals surface area (Å²) in [5, 5.41) is 0. The van der Waals surface area contributed by atoms with Crippen molar-refractivity contribution < 1.29 is 18.7 Å². The molecule has 0 aromatic heterocycles. The van der Waals surface area contributed by atoms with E-state index in [4.69, 9.17) is 4.74 Å². The first kappa shape index (κ1) is 18.1. The van der Waals surface area contributed by atoms with Crippen molar-refractivity contribution >= 4 is 34.6 Å². The summed E-state index contributed by atoms with van der Waals surface area (Å²) >= 11 is 1.45. The van der Waals surface area contributed by atoms with Crippen LogP contribution in [0, 0.1) is 0 Å². The summed E-state index contributed by atoms with van der Waals surface area (Å²) in [5.41, 5.74) is -0.560. The van der Waals surface area contributed by atoms with Crippen molar-refractivity contribution in [2.45, 2.75) is 49.6 Å². The van der Waals surface area contributed by atoms with Crippen molar-refractivity contribution in [3.05, 3.63) is 0 Å². The third-order valence-electron chi connectivity index (χ3n) is 2.66. The van der Waals surface area contributed by atoms with Gasteiger partial charge in [0.1, 0.15) is 5.60 Å². The predicted octanol–water partition coefficient (Wildman–Crippen LogP) is 2.96. The van der Waals surface area contributed by atoms with Crippen molar-refractivity contribution in [3.8, 4) is 0 Å². The lowest BCUT2D eigenvalue weighted by atomic mass is 9.94. The number of hydrogen-bond acceptors (Lipinski definition) is 4. The molecule has 16 heavy (non-hydrogen) atoms. The molecule has 0 aliphatic heterocycles. The van der Waals surface area contributed by atoms with Crippen LogP contribution in [0.15, 0.2) is 0 Å². The van der Waals surface area contributed by atoms with Gasteiger partial charge in [-0.25, -0.2) is 0 Å². The van der Waals surface area contributed by atoms with Crippen LogP contribution < -0.4 is 6.15 Å². The monoisotopic (exact) mass is 347 g/mol. The van der Waals surface area contributed by atoms with Crippen LogP contribution in [0.25, 0.3) is 0 Å². The highest BCUT2D eigenvalue weighted by molar-refractivity contribution is 14.1. The Kier molecular flexibility index (Phi) is 9.00. The Morgan fingerprint density at radius 3 is 1.88 bits per heavy atom. The zero-order valence-electron chi connectivity index (χ0n) is 9.89. The molecule has 96 valence electrons. The molecular weight excluding hydrogens is 328 g/mol. The molecule has 0 rings (SSSR count).